The minimum atomic E-state index is -0.532. The molecule has 0 aliphatic carbocycles. The van der Waals surface area contributed by atoms with Crippen molar-refractivity contribution in [3.05, 3.63) is 45.4 Å². The van der Waals surface area contributed by atoms with Crippen LogP contribution in [0.2, 0.25) is 10.0 Å². The zero-order chi connectivity index (χ0) is 38.3. The third kappa shape index (κ3) is 12.8. The molecular formula is C37H52Cl2N6O8. The molecule has 0 atom stereocenters. The minimum absolute atomic E-state index is 0.0412. The van der Waals surface area contributed by atoms with Crippen LogP contribution in [-0.2, 0) is 19.1 Å². The number of nitrogens with zero attached hydrogens (tertiary/aromatic N) is 2. The number of hydrogen-bond donors (Lipinski definition) is 4. The van der Waals surface area contributed by atoms with Gasteiger partial charge in [0.15, 0.2) is 0 Å². The summed E-state index contributed by atoms with van der Waals surface area (Å²) in [7, 11) is 2.90. The van der Waals surface area contributed by atoms with E-state index in [2.05, 4.69) is 20.4 Å². The Morgan fingerprint density at radius 2 is 1.23 bits per heavy atom. The van der Waals surface area contributed by atoms with Crippen molar-refractivity contribution in [1.29, 1.82) is 0 Å². The van der Waals surface area contributed by atoms with Crippen LogP contribution >= 0.6 is 23.2 Å². The number of halogens is 2. The number of amides is 2. The van der Waals surface area contributed by atoms with Gasteiger partial charge < -0.3 is 41.0 Å². The van der Waals surface area contributed by atoms with Crippen LogP contribution in [0.15, 0.2) is 24.3 Å². The molecule has 2 amide bonds. The first-order valence-corrected chi connectivity index (χ1v) is 18.9. The number of carbonyl (C=O) groups excluding carboxylic acids is 4. The van der Waals surface area contributed by atoms with Crippen molar-refractivity contribution in [2.45, 2.75) is 57.4 Å². The molecule has 0 bridgehead atoms. The van der Waals surface area contributed by atoms with Crippen molar-refractivity contribution in [2.75, 3.05) is 84.7 Å². The van der Waals surface area contributed by atoms with Crippen molar-refractivity contribution in [3.63, 3.8) is 0 Å². The smallest absolute Gasteiger partial charge is 0.342 e. The molecule has 4 rings (SSSR count). The summed E-state index contributed by atoms with van der Waals surface area (Å²) in [5.74, 6) is -0.364. The number of rotatable bonds is 18. The third-order valence-electron chi connectivity index (χ3n) is 9.65. The van der Waals surface area contributed by atoms with Gasteiger partial charge in [-0.2, -0.15) is 0 Å². The number of methoxy groups -OCH3 is 2. The van der Waals surface area contributed by atoms with Gasteiger partial charge in [0.2, 0.25) is 11.8 Å². The molecule has 0 aromatic heterocycles. The number of ether oxygens (including phenoxy) is 4. The fraction of sp³-hybridized carbons (Fsp3) is 0.568. The Morgan fingerprint density at radius 3 is 1.72 bits per heavy atom. The van der Waals surface area contributed by atoms with E-state index in [9.17, 15) is 19.2 Å². The maximum absolute atomic E-state index is 12.7. The first-order valence-electron chi connectivity index (χ1n) is 18.1. The van der Waals surface area contributed by atoms with Crippen molar-refractivity contribution in [3.8, 4) is 11.5 Å². The van der Waals surface area contributed by atoms with Gasteiger partial charge in [0.05, 0.1) is 35.6 Å². The monoisotopic (exact) mass is 778 g/mol. The highest BCUT2D eigenvalue weighted by molar-refractivity contribution is 6.34. The zero-order valence-corrected chi connectivity index (χ0v) is 32.1. The van der Waals surface area contributed by atoms with Gasteiger partial charge in [-0.05, 0) is 63.7 Å². The first kappa shape index (κ1) is 41.8. The molecule has 2 saturated heterocycles. The average molecular weight is 780 g/mol. The lowest BCUT2D eigenvalue weighted by molar-refractivity contribution is -0.126. The predicted octanol–water partition coefficient (Wildman–Crippen LogP) is 4.16. The van der Waals surface area contributed by atoms with E-state index in [0.29, 0.717) is 48.9 Å². The van der Waals surface area contributed by atoms with E-state index in [1.165, 1.54) is 38.5 Å². The van der Waals surface area contributed by atoms with Crippen molar-refractivity contribution < 1.29 is 38.1 Å². The summed E-state index contributed by atoms with van der Waals surface area (Å²) in [6.45, 7) is 5.25. The van der Waals surface area contributed by atoms with E-state index in [-0.39, 0.29) is 58.2 Å². The molecule has 53 heavy (non-hydrogen) atoms. The first-order chi connectivity index (χ1) is 25.5. The second kappa shape index (κ2) is 21.0. The summed E-state index contributed by atoms with van der Waals surface area (Å²) in [5.41, 5.74) is 12.7. The molecule has 2 fully saturated rings. The standard InChI is InChI=1S/C37H52Cl2N6O8/c1-50-32-22-30(40)28(38)20-26(32)36(48)52-18-16-44-12-7-24(8-13-44)35(47)42-11-5-3-4-6-34(46)43-25-9-14-45(15-10-25)17-19-53-37(49)27-21-29(39)31(41)23-33(27)51-2/h20-25H,3-19,40-41H2,1-2H3,(H,42,47)(H,43,46). The van der Waals surface area contributed by atoms with Crippen LogP contribution < -0.4 is 31.6 Å². The van der Waals surface area contributed by atoms with E-state index in [4.69, 9.17) is 53.6 Å². The quantitative estimate of drug-likeness (QED) is 0.0963. The van der Waals surface area contributed by atoms with Gasteiger partial charge in [-0.25, -0.2) is 9.59 Å². The lowest BCUT2D eigenvalue weighted by Crippen LogP contribution is -2.45. The Balaban J connectivity index is 0.992. The average Bonchev–Trinajstić information content (AvgIpc) is 3.15. The van der Waals surface area contributed by atoms with Gasteiger partial charge in [0.1, 0.15) is 35.8 Å². The van der Waals surface area contributed by atoms with E-state index < -0.39 is 11.9 Å². The van der Waals surface area contributed by atoms with E-state index >= 15 is 0 Å². The van der Waals surface area contributed by atoms with E-state index in [0.717, 1.165) is 71.1 Å². The van der Waals surface area contributed by atoms with Gasteiger partial charge in [-0.3, -0.25) is 19.4 Å². The molecule has 2 aliphatic heterocycles. The summed E-state index contributed by atoms with van der Waals surface area (Å²) in [5, 5.41) is 6.72. The van der Waals surface area contributed by atoms with Crippen LogP contribution in [0.1, 0.15) is 72.1 Å². The highest BCUT2D eigenvalue weighted by Crippen LogP contribution is 2.30. The SMILES string of the molecule is COc1cc(N)c(Cl)cc1C(=O)OCCN1CCC(NC(=O)CCCCCNC(=O)C2CCN(CCOC(=O)c3cc(Cl)c(N)cc3OC)CC2)CC1. The number of esters is 2. The molecule has 2 heterocycles. The number of unbranched alkanes of at least 4 members (excludes halogenated alkanes) is 2. The lowest BCUT2D eigenvalue weighted by Gasteiger charge is -2.32. The maximum Gasteiger partial charge on any atom is 0.342 e. The Morgan fingerprint density at radius 1 is 0.736 bits per heavy atom. The molecule has 0 unspecified atom stereocenters. The summed E-state index contributed by atoms with van der Waals surface area (Å²) in [6.07, 6.45) is 6.02. The van der Waals surface area contributed by atoms with Crippen LogP contribution in [0.3, 0.4) is 0 Å². The topological polar surface area (TPSA) is 188 Å². The fourth-order valence-electron chi connectivity index (χ4n) is 6.45. The van der Waals surface area contributed by atoms with Crippen molar-refractivity contribution in [2.24, 2.45) is 5.92 Å². The van der Waals surface area contributed by atoms with Gasteiger partial charge >= 0.3 is 11.9 Å². The molecule has 0 spiro atoms. The third-order valence-corrected chi connectivity index (χ3v) is 10.3. The van der Waals surface area contributed by atoms with E-state index in [1.54, 1.807) is 0 Å². The molecule has 0 saturated carbocycles. The van der Waals surface area contributed by atoms with E-state index in [1.807, 2.05) is 0 Å². The van der Waals surface area contributed by atoms with Gasteiger partial charge in [0.25, 0.3) is 0 Å². The van der Waals surface area contributed by atoms with Gasteiger partial charge in [-0.1, -0.05) is 29.6 Å². The number of nitrogen functional groups attached to an aromatic ring is 2. The van der Waals surface area contributed by atoms with Crippen LogP contribution in [0.4, 0.5) is 11.4 Å². The number of benzene rings is 2. The molecule has 6 N–H and O–H groups in total. The summed E-state index contributed by atoms with van der Waals surface area (Å²) < 4.78 is 21.3. The molecule has 14 nitrogen and oxygen atoms in total. The number of anilines is 2. The summed E-state index contributed by atoms with van der Waals surface area (Å²) in [6, 6.07) is 6.01. The molecular weight excluding hydrogens is 727 g/mol. The Bertz CT molecular complexity index is 1560. The van der Waals surface area contributed by atoms with Crippen molar-refractivity contribution in [1.82, 2.24) is 20.4 Å². The Labute approximate surface area is 321 Å². The number of carbonyl (C=O) groups is 4. The molecule has 292 valence electrons. The van der Waals surface area contributed by atoms with Crippen molar-refractivity contribution >= 4 is 58.3 Å². The van der Waals surface area contributed by atoms with Crippen LogP contribution in [0.25, 0.3) is 0 Å². The Hall–Kier alpha value is -3.98. The number of nitrogens with two attached hydrogens (primary N) is 2. The second-order valence-electron chi connectivity index (χ2n) is 13.3. The van der Waals surface area contributed by atoms with Gasteiger partial charge in [0, 0.05) is 63.2 Å². The Kier molecular flexibility index (Phi) is 16.6. The predicted molar refractivity (Wildman–Crippen MR) is 204 cm³/mol. The second-order valence-corrected chi connectivity index (χ2v) is 14.1. The summed E-state index contributed by atoms with van der Waals surface area (Å²) >= 11 is 12.1. The molecule has 2 aromatic carbocycles. The number of likely N-dealkylation sites (tertiary alicyclic amines) is 2. The molecule has 2 aliphatic rings. The summed E-state index contributed by atoms with van der Waals surface area (Å²) in [4.78, 5) is 54.7. The maximum atomic E-state index is 12.7. The van der Waals surface area contributed by atoms with Gasteiger partial charge in [-0.15, -0.1) is 0 Å². The molecule has 16 heteroatoms. The molecule has 2 aromatic rings. The van der Waals surface area contributed by atoms with Crippen LogP contribution in [0.5, 0.6) is 11.5 Å². The largest absolute Gasteiger partial charge is 0.496 e. The van der Waals surface area contributed by atoms with Crippen LogP contribution in [0, 0.1) is 5.92 Å². The number of piperidine rings is 2. The molecule has 0 radical (unpaired) electrons. The highest BCUT2D eigenvalue weighted by atomic mass is 35.5. The highest BCUT2D eigenvalue weighted by Gasteiger charge is 2.26. The minimum Gasteiger partial charge on any atom is -0.496 e. The fourth-order valence-corrected chi connectivity index (χ4v) is 6.78. The van der Waals surface area contributed by atoms with Crippen LogP contribution in [-0.4, -0.2) is 113 Å². The number of hydrogen-bond acceptors (Lipinski definition) is 12. The number of nitrogens with one attached hydrogen (secondary N) is 2. The normalized spacial score (nSPS) is 15.8. The zero-order valence-electron chi connectivity index (χ0n) is 30.6. The lowest BCUT2D eigenvalue weighted by atomic mass is 9.96.